The Morgan fingerprint density at radius 3 is 2.57 bits per heavy atom. The standard InChI is InChI=1S/C11H16BrNO/c1-11(8-14,7-13-2)9-5-3-4-6-10(9)12/h3-6,13-14H,7-8H2,1-2H3. The monoisotopic (exact) mass is 257 g/mol. The van der Waals surface area contributed by atoms with E-state index in [1.165, 1.54) is 0 Å². The zero-order chi connectivity index (χ0) is 10.6. The van der Waals surface area contributed by atoms with Crippen LogP contribution in [0.2, 0.25) is 0 Å². The van der Waals surface area contributed by atoms with Gasteiger partial charge in [-0.2, -0.15) is 0 Å². The van der Waals surface area contributed by atoms with Crippen LogP contribution in [0.3, 0.4) is 0 Å². The minimum absolute atomic E-state index is 0.135. The van der Waals surface area contributed by atoms with Gasteiger partial charge >= 0.3 is 0 Å². The van der Waals surface area contributed by atoms with Gasteiger partial charge in [0.2, 0.25) is 0 Å². The molecule has 1 aromatic carbocycles. The molecule has 1 unspecified atom stereocenters. The molecule has 0 aliphatic heterocycles. The number of halogens is 1. The van der Waals surface area contributed by atoms with E-state index >= 15 is 0 Å². The highest BCUT2D eigenvalue weighted by atomic mass is 79.9. The number of hydrogen-bond acceptors (Lipinski definition) is 2. The molecule has 0 heterocycles. The quantitative estimate of drug-likeness (QED) is 0.864. The van der Waals surface area contributed by atoms with Crippen molar-refractivity contribution in [2.75, 3.05) is 20.2 Å². The van der Waals surface area contributed by atoms with Gasteiger partial charge in [-0.25, -0.2) is 0 Å². The molecular weight excluding hydrogens is 242 g/mol. The lowest BCUT2D eigenvalue weighted by Crippen LogP contribution is -2.37. The number of benzene rings is 1. The predicted octanol–water partition coefficient (Wildman–Crippen LogP) is 1.92. The Kier molecular flexibility index (Phi) is 4.11. The van der Waals surface area contributed by atoms with Gasteiger partial charge < -0.3 is 10.4 Å². The Bertz CT molecular complexity index is 303. The van der Waals surface area contributed by atoms with E-state index in [4.69, 9.17) is 0 Å². The number of hydrogen-bond donors (Lipinski definition) is 2. The third-order valence-corrected chi connectivity index (χ3v) is 3.13. The zero-order valence-electron chi connectivity index (χ0n) is 8.55. The Hall–Kier alpha value is -0.380. The molecule has 1 atom stereocenters. The summed E-state index contributed by atoms with van der Waals surface area (Å²) in [6.07, 6.45) is 0. The molecule has 0 aliphatic carbocycles. The maximum Gasteiger partial charge on any atom is 0.0537 e. The van der Waals surface area contributed by atoms with E-state index in [-0.39, 0.29) is 12.0 Å². The first-order chi connectivity index (χ1) is 6.64. The third kappa shape index (κ3) is 2.35. The molecule has 14 heavy (non-hydrogen) atoms. The molecule has 0 amide bonds. The first kappa shape index (κ1) is 11.7. The van der Waals surface area contributed by atoms with Gasteiger partial charge in [-0.3, -0.25) is 0 Å². The van der Waals surface area contributed by atoms with Crippen molar-refractivity contribution < 1.29 is 5.11 Å². The minimum atomic E-state index is -0.227. The molecule has 1 rings (SSSR count). The van der Waals surface area contributed by atoms with Crippen LogP contribution in [0.5, 0.6) is 0 Å². The lowest BCUT2D eigenvalue weighted by atomic mass is 9.83. The van der Waals surface area contributed by atoms with Crippen molar-refractivity contribution in [1.29, 1.82) is 0 Å². The highest BCUT2D eigenvalue weighted by molar-refractivity contribution is 9.10. The van der Waals surface area contributed by atoms with E-state index in [0.29, 0.717) is 0 Å². The van der Waals surface area contributed by atoms with E-state index in [1.54, 1.807) is 0 Å². The fourth-order valence-electron chi connectivity index (χ4n) is 1.58. The highest BCUT2D eigenvalue weighted by Gasteiger charge is 2.26. The van der Waals surface area contributed by atoms with Gasteiger partial charge in [0.05, 0.1) is 6.61 Å². The molecular formula is C11H16BrNO. The number of rotatable bonds is 4. The number of aliphatic hydroxyl groups excluding tert-OH is 1. The van der Waals surface area contributed by atoms with Crippen molar-refractivity contribution in [2.24, 2.45) is 0 Å². The molecule has 0 fully saturated rings. The first-order valence-corrected chi connectivity index (χ1v) is 5.44. The molecule has 78 valence electrons. The molecule has 0 saturated heterocycles. The fraction of sp³-hybridized carbons (Fsp3) is 0.455. The van der Waals surface area contributed by atoms with Crippen LogP contribution in [-0.4, -0.2) is 25.3 Å². The normalized spacial score (nSPS) is 15.1. The Morgan fingerprint density at radius 1 is 1.43 bits per heavy atom. The second-order valence-electron chi connectivity index (χ2n) is 3.73. The largest absolute Gasteiger partial charge is 0.395 e. The molecule has 0 spiro atoms. The average Bonchev–Trinajstić information content (AvgIpc) is 2.18. The number of likely N-dealkylation sites (N-methyl/N-ethyl adjacent to an activating group) is 1. The molecule has 2 N–H and O–H groups in total. The zero-order valence-corrected chi connectivity index (χ0v) is 10.1. The maximum absolute atomic E-state index is 9.43. The van der Waals surface area contributed by atoms with E-state index in [9.17, 15) is 5.11 Å². The van der Waals surface area contributed by atoms with Crippen LogP contribution >= 0.6 is 15.9 Å². The van der Waals surface area contributed by atoms with Crippen LogP contribution in [-0.2, 0) is 5.41 Å². The average molecular weight is 258 g/mol. The summed E-state index contributed by atoms with van der Waals surface area (Å²) in [6.45, 7) is 2.94. The van der Waals surface area contributed by atoms with Gasteiger partial charge in [-0.1, -0.05) is 41.1 Å². The summed E-state index contributed by atoms with van der Waals surface area (Å²) in [4.78, 5) is 0. The first-order valence-electron chi connectivity index (χ1n) is 4.64. The van der Waals surface area contributed by atoms with Crippen molar-refractivity contribution >= 4 is 15.9 Å². The Labute approximate surface area is 93.5 Å². The maximum atomic E-state index is 9.43. The SMILES string of the molecule is CNCC(C)(CO)c1ccccc1Br. The van der Waals surface area contributed by atoms with Gasteiger partial charge in [-0.05, 0) is 18.7 Å². The van der Waals surface area contributed by atoms with Crippen LogP contribution in [0, 0.1) is 0 Å². The molecule has 0 aromatic heterocycles. The van der Waals surface area contributed by atoms with E-state index < -0.39 is 0 Å². The van der Waals surface area contributed by atoms with E-state index in [0.717, 1.165) is 16.6 Å². The molecule has 1 aromatic rings. The van der Waals surface area contributed by atoms with E-state index in [2.05, 4.69) is 21.2 Å². The molecule has 2 nitrogen and oxygen atoms in total. The second kappa shape index (κ2) is 4.91. The summed E-state index contributed by atoms with van der Waals surface area (Å²) in [6, 6.07) is 8.00. The summed E-state index contributed by atoms with van der Waals surface area (Å²) in [7, 11) is 1.89. The van der Waals surface area contributed by atoms with Crippen LogP contribution < -0.4 is 5.32 Å². The topological polar surface area (TPSA) is 32.3 Å². The molecule has 0 aliphatic rings. The van der Waals surface area contributed by atoms with Crippen molar-refractivity contribution in [1.82, 2.24) is 5.32 Å². The van der Waals surface area contributed by atoms with Crippen molar-refractivity contribution in [3.8, 4) is 0 Å². The summed E-state index contributed by atoms with van der Waals surface area (Å²) in [5.41, 5.74) is 0.909. The van der Waals surface area contributed by atoms with Crippen LogP contribution in [0.15, 0.2) is 28.7 Å². The molecule has 0 bridgehead atoms. The molecule has 0 radical (unpaired) electrons. The van der Waals surface area contributed by atoms with Gasteiger partial charge in [0.15, 0.2) is 0 Å². The van der Waals surface area contributed by atoms with Crippen LogP contribution in [0.1, 0.15) is 12.5 Å². The summed E-state index contributed by atoms with van der Waals surface area (Å²) in [5.74, 6) is 0. The lowest BCUT2D eigenvalue weighted by Gasteiger charge is -2.28. The highest BCUT2D eigenvalue weighted by Crippen LogP contribution is 2.29. The second-order valence-corrected chi connectivity index (χ2v) is 4.58. The van der Waals surface area contributed by atoms with Crippen molar-refractivity contribution in [3.05, 3.63) is 34.3 Å². The predicted molar refractivity (Wildman–Crippen MR) is 62.5 cm³/mol. The minimum Gasteiger partial charge on any atom is -0.395 e. The van der Waals surface area contributed by atoms with Gasteiger partial charge in [-0.15, -0.1) is 0 Å². The third-order valence-electron chi connectivity index (χ3n) is 2.44. The smallest absolute Gasteiger partial charge is 0.0537 e. The van der Waals surface area contributed by atoms with Gasteiger partial charge in [0.25, 0.3) is 0 Å². The molecule has 0 saturated carbocycles. The Morgan fingerprint density at radius 2 is 2.07 bits per heavy atom. The number of aliphatic hydroxyl groups is 1. The summed E-state index contributed by atoms with van der Waals surface area (Å²) < 4.78 is 1.05. The van der Waals surface area contributed by atoms with Crippen LogP contribution in [0.4, 0.5) is 0 Å². The van der Waals surface area contributed by atoms with Gasteiger partial charge in [0, 0.05) is 16.4 Å². The fourth-order valence-corrected chi connectivity index (χ4v) is 2.34. The lowest BCUT2D eigenvalue weighted by molar-refractivity contribution is 0.203. The number of nitrogens with one attached hydrogen (secondary N) is 1. The molecule has 3 heteroatoms. The summed E-state index contributed by atoms with van der Waals surface area (Å²) in [5, 5.41) is 12.5. The van der Waals surface area contributed by atoms with Crippen LogP contribution in [0.25, 0.3) is 0 Å². The van der Waals surface area contributed by atoms with Gasteiger partial charge in [0.1, 0.15) is 0 Å². The summed E-state index contributed by atoms with van der Waals surface area (Å²) >= 11 is 3.50. The van der Waals surface area contributed by atoms with Crippen molar-refractivity contribution in [2.45, 2.75) is 12.3 Å². The Balaban J connectivity index is 3.05. The van der Waals surface area contributed by atoms with E-state index in [1.807, 2.05) is 38.2 Å². The van der Waals surface area contributed by atoms with Crippen molar-refractivity contribution in [3.63, 3.8) is 0 Å².